The lowest BCUT2D eigenvalue weighted by atomic mass is 9.90. The van der Waals surface area contributed by atoms with Crippen molar-refractivity contribution >= 4 is 11.5 Å². The molecule has 1 saturated carbocycles. The van der Waals surface area contributed by atoms with E-state index < -0.39 is 11.6 Å². The Kier molecular flexibility index (Phi) is 3.29. The molecule has 1 aliphatic carbocycles. The summed E-state index contributed by atoms with van der Waals surface area (Å²) in [5.74, 6) is -0.342. The number of hydrogen-bond acceptors (Lipinski definition) is 4. The number of hydrogen-bond donors (Lipinski definition) is 2. The van der Waals surface area contributed by atoms with Crippen LogP contribution in [-0.4, -0.2) is 21.8 Å². The third kappa shape index (κ3) is 2.05. The topological polar surface area (TPSA) is 66.8 Å². The summed E-state index contributed by atoms with van der Waals surface area (Å²) in [6, 6.07) is 3.69. The molecule has 0 atom stereocenters. The average molecular weight is 288 g/mol. The Morgan fingerprint density at radius 3 is 2.29 bits per heavy atom. The van der Waals surface area contributed by atoms with E-state index in [1.54, 1.807) is 0 Å². The minimum absolute atomic E-state index is 0.0403. The number of aliphatic hydroxyl groups is 2. The van der Waals surface area contributed by atoms with Crippen LogP contribution in [0.1, 0.15) is 47.9 Å². The third-order valence-corrected chi connectivity index (χ3v) is 4.60. The molecular formula is C17H20O4. The molecule has 1 heterocycles. The van der Waals surface area contributed by atoms with Crippen LogP contribution in [0.5, 0.6) is 0 Å². The Labute approximate surface area is 124 Å². The second-order valence-corrected chi connectivity index (χ2v) is 6.08. The fourth-order valence-electron chi connectivity index (χ4n) is 3.65. The molecule has 3 rings (SSSR count). The van der Waals surface area contributed by atoms with Gasteiger partial charge in [0.25, 0.3) is 0 Å². The van der Waals surface area contributed by atoms with Gasteiger partial charge < -0.3 is 14.9 Å². The molecule has 1 aromatic rings. The molecule has 4 heteroatoms. The Morgan fingerprint density at radius 1 is 1.19 bits per heavy atom. The number of benzene rings is 1. The predicted molar refractivity (Wildman–Crippen MR) is 78.7 cm³/mol. The molecule has 0 unspecified atom stereocenters. The van der Waals surface area contributed by atoms with Gasteiger partial charge in [0, 0.05) is 0 Å². The van der Waals surface area contributed by atoms with Crippen LogP contribution in [-0.2, 0) is 16.1 Å². The van der Waals surface area contributed by atoms with Crippen LogP contribution >= 0.6 is 0 Å². The van der Waals surface area contributed by atoms with Gasteiger partial charge in [-0.2, -0.15) is 0 Å². The van der Waals surface area contributed by atoms with E-state index in [2.05, 4.69) is 0 Å². The third-order valence-electron chi connectivity index (χ3n) is 4.60. The van der Waals surface area contributed by atoms with Crippen molar-refractivity contribution in [3.63, 3.8) is 0 Å². The zero-order chi connectivity index (χ0) is 15.2. The second kappa shape index (κ2) is 4.88. The molecule has 2 aliphatic rings. The predicted octanol–water partition coefficient (Wildman–Crippen LogP) is 2.93. The lowest BCUT2D eigenvalue weighted by Crippen LogP contribution is -2.27. The highest BCUT2D eigenvalue weighted by molar-refractivity contribution is 6.20. The van der Waals surface area contributed by atoms with Crippen molar-refractivity contribution in [1.29, 1.82) is 0 Å². The van der Waals surface area contributed by atoms with Gasteiger partial charge in [0.15, 0.2) is 11.4 Å². The number of aryl methyl sites for hydroxylation is 2. The van der Waals surface area contributed by atoms with Crippen molar-refractivity contribution < 1.29 is 19.7 Å². The highest BCUT2D eigenvalue weighted by atomic mass is 16.6. The summed E-state index contributed by atoms with van der Waals surface area (Å²) in [5.41, 5.74) is 2.78. The molecule has 0 amide bonds. The normalized spacial score (nSPS) is 20.4. The Balaban J connectivity index is 2.16. The maximum absolute atomic E-state index is 12.3. The van der Waals surface area contributed by atoms with Crippen LogP contribution in [0, 0.1) is 13.8 Å². The number of rotatable bonds is 2. The number of carbonyl (C=O) groups is 1. The van der Waals surface area contributed by atoms with Crippen molar-refractivity contribution in [2.45, 2.75) is 51.7 Å². The van der Waals surface area contributed by atoms with E-state index in [0.29, 0.717) is 18.4 Å². The molecular weight excluding hydrogens is 268 g/mol. The highest BCUT2D eigenvalue weighted by Gasteiger charge is 2.50. The maximum Gasteiger partial charge on any atom is 0.343 e. The Hall–Kier alpha value is -1.81. The molecule has 4 nitrogen and oxygen atoms in total. The van der Waals surface area contributed by atoms with Crippen molar-refractivity contribution in [2.24, 2.45) is 0 Å². The van der Waals surface area contributed by atoms with Crippen molar-refractivity contribution in [2.75, 3.05) is 0 Å². The SMILES string of the molecule is Cc1cc(CO)cc(C)c1C1=C(O)C2(CCCC2)OC1=O. The molecule has 1 spiro atoms. The zero-order valence-electron chi connectivity index (χ0n) is 12.4. The van der Waals surface area contributed by atoms with Crippen molar-refractivity contribution in [1.82, 2.24) is 0 Å². The fraction of sp³-hybridized carbons (Fsp3) is 0.471. The van der Waals surface area contributed by atoms with Crippen molar-refractivity contribution in [3.05, 3.63) is 40.1 Å². The summed E-state index contributed by atoms with van der Waals surface area (Å²) in [6.07, 6.45) is 3.32. The first-order chi connectivity index (χ1) is 9.98. The van der Waals surface area contributed by atoms with Crippen LogP contribution in [0.2, 0.25) is 0 Å². The lowest BCUT2D eigenvalue weighted by molar-refractivity contribution is -0.146. The molecule has 0 bridgehead atoms. The molecule has 0 saturated heterocycles. The number of aliphatic hydroxyl groups excluding tert-OH is 2. The van der Waals surface area contributed by atoms with E-state index >= 15 is 0 Å². The van der Waals surface area contributed by atoms with Crippen LogP contribution in [0.3, 0.4) is 0 Å². The first-order valence-corrected chi connectivity index (χ1v) is 7.37. The highest BCUT2D eigenvalue weighted by Crippen LogP contribution is 2.47. The quantitative estimate of drug-likeness (QED) is 0.821. The molecule has 0 radical (unpaired) electrons. The van der Waals surface area contributed by atoms with Gasteiger partial charge in [-0.3, -0.25) is 0 Å². The van der Waals surface area contributed by atoms with Crippen molar-refractivity contribution in [3.8, 4) is 0 Å². The minimum atomic E-state index is -0.791. The van der Waals surface area contributed by atoms with Crippen LogP contribution in [0.15, 0.2) is 17.9 Å². The molecule has 1 fully saturated rings. The Bertz CT molecular complexity index is 613. The van der Waals surface area contributed by atoms with Gasteiger partial charge in [-0.05, 0) is 61.8 Å². The standard InChI is InChI=1S/C17H20O4/c1-10-7-12(9-18)8-11(2)13(10)14-15(19)17(21-16(14)20)5-3-4-6-17/h7-8,18-19H,3-6,9H2,1-2H3. The van der Waals surface area contributed by atoms with Gasteiger partial charge >= 0.3 is 5.97 Å². The largest absolute Gasteiger partial charge is 0.507 e. The lowest BCUT2D eigenvalue weighted by Gasteiger charge is -2.21. The van der Waals surface area contributed by atoms with Gasteiger partial charge in [-0.25, -0.2) is 4.79 Å². The van der Waals surface area contributed by atoms with E-state index in [0.717, 1.165) is 35.1 Å². The number of ether oxygens (including phenoxy) is 1. The summed E-state index contributed by atoms with van der Waals surface area (Å²) in [7, 11) is 0. The minimum Gasteiger partial charge on any atom is -0.507 e. The molecule has 112 valence electrons. The summed E-state index contributed by atoms with van der Waals surface area (Å²) in [4.78, 5) is 12.3. The first-order valence-electron chi connectivity index (χ1n) is 7.37. The van der Waals surface area contributed by atoms with Crippen LogP contribution in [0.25, 0.3) is 5.57 Å². The van der Waals surface area contributed by atoms with E-state index in [9.17, 15) is 15.0 Å². The number of esters is 1. The summed E-state index contributed by atoms with van der Waals surface area (Å²) >= 11 is 0. The van der Waals surface area contributed by atoms with Gasteiger partial charge in [0.1, 0.15) is 5.57 Å². The smallest absolute Gasteiger partial charge is 0.343 e. The van der Waals surface area contributed by atoms with Crippen LogP contribution < -0.4 is 0 Å². The maximum atomic E-state index is 12.3. The van der Waals surface area contributed by atoms with E-state index in [-0.39, 0.29) is 12.4 Å². The molecule has 1 aliphatic heterocycles. The van der Waals surface area contributed by atoms with Gasteiger partial charge in [-0.1, -0.05) is 12.1 Å². The fourth-order valence-corrected chi connectivity index (χ4v) is 3.65. The molecule has 21 heavy (non-hydrogen) atoms. The van der Waals surface area contributed by atoms with Crippen LogP contribution in [0.4, 0.5) is 0 Å². The van der Waals surface area contributed by atoms with Gasteiger partial charge in [0.2, 0.25) is 0 Å². The number of carbonyl (C=O) groups excluding carboxylic acids is 1. The summed E-state index contributed by atoms with van der Waals surface area (Å²) in [5, 5.41) is 19.9. The average Bonchev–Trinajstić information content (AvgIpc) is 2.99. The van der Waals surface area contributed by atoms with Gasteiger partial charge in [0.05, 0.1) is 6.61 Å². The van der Waals surface area contributed by atoms with E-state index in [1.807, 2.05) is 26.0 Å². The monoisotopic (exact) mass is 288 g/mol. The van der Waals surface area contributed by atoms with E-state index in [4.69, 9.17) is 4.74 Å². The first kappa shape index (κ1) is 14.1. The summed E-state index contributed by atoms with van der Waals surface area (Å²) < 4.78 is 5.54. The van der Waals surface area contributed by atoms with E-state index in [1.165, 1.54) is 0 Å². The summed E-state index contributed by atoms with van der Waals surface area (Å²) in [6.45, 7) is 3.73. The molecule has 2 N–H and O–H groups in total. The molecule has 1 aromatic carbocycles. The van der Waals surface area contributed by atoms with Gasteiger partial charge in [-0.15, -0.1) is 0 Å². The second-order valence-electron chi connectivity index (χ2n) is 6.08. The zero-order valence-corrected chi connectivity index (χ0v) is 12.4. The molecule has 0 aromatic heterocycles. The Morgan fingerprint density at radius 2 is 1.76 bits per heavy atom.